The Balaban J connectivity index is 2.53. The quantitative estimate of drug-likeness (QED) is 0.908. The van der Waals surface area contributed by atoms with Crippen molar-refractivity contribution in [3.63, 3.8) is 0 Å². The Labute approximate surface area is 96.4 Å². The zero-order valence-corrected chi connectivity index (χ0v) is 9.91. The van der Waals surface area contributed by atoms with Gasteiger partial charge in [0.2, 0.25) is 5.88 Å². The van der Waals surface area contributed by atoms with Gasteiger partial charge >= 0.3 is 0 Å². The first kappa shape index (κ1) is 10.2. The Morgan fingerprint density at radius 2 is 2.20 bits per heavy atom. The molecule has 2 rings (SSSR count). The maximum atomic E-state index is 5.67. The minimum Gasteiger partial charge on any atom is -0.367 e. The number of halogens is 1. The third-order valence-electron chi connectivity index (χ3n) is 2.28. The standard InChI is InChI=1S/C11H11BrN2O/c1-2-7-3-8(5-9(12)4-7)10-6-14-15-11(10)13/h3-6H,2,13H2,1H3. The molecule has 2 N–H and O–H groups in total. The summed E-state index contributed by atoms with van der Waals surface area (Å²) in [4.78, 5) is 0. The molecule has 78 valence electrons. The van der Waals surface area contributed by atoms with Crippen molar-refractivity contribution in [1.82, 2.24) is 5.16 Å². The average molecular weight is 267 g/mol. The van der Waals surface area contributed by atoms with Gasteiger partial charge in [-0.25, -0.2) is 0 Å². The number of hydrogen-bond acceptors (Lipinski definition) is 3. The lowest BCUT2D eigenvalue weighted by atomic mass is 10.0. The molecule has 0 atom stereocenters. The van der Waals surface area contributed by atoms with Crippen LogP contribution in [0.15, 0.2) is 33.4 Å². The van der Waals surface area contributed by atoms with Crippen molar-refractivity contribution in [2.45, 2.75) is 13.3 Å². The fourth-order valence-electron chi connectivity index (χ4n) is 1.48. The Kier molecular flexibility index (Phi) is 2.77. The molecule has 0 fully saturated rings. The first-order chi connectivity index (χ1) is 7.20. The minimum absolute atomic E-state index is 0.357. The number of anilines is 1. The highest BCUT2D eigenvalue weighted by Gasteiger charge is 2.08. The van der Waals surface area contributed by atoms with Gasteiger partial charge in [0.1, 0.15) is 0 Å². The van der Waals surface area contributed by atoms with E-state index < -0.39 is 0 Å². The lowest BCUT2D eigenvalue weighted by Gasteiger charge is -2.03. The second kappa shape index (κ2) is 4.06. The molecule has 0 unspecified atom stereocenters. The van der Waals surface area contributed by atoms with Crippen molar-refractivity contribution in [2.24, 2.45) is 0 Å². The van der Waals surface area contributed by atoms with Crippen molar-refractivity contribution >= 4 is 21.8 Å². The van der Waals surface area contributed by atoms with E-state index in [0.29, 0.717) is 5.88 Å². The third-order valence-corrected chi connectivity index (χ3v) is 2.73. The lowest BCUT2D eigenvalue weighted by Crippen LogP contribution is -1.87. The number of rotatable bonds is 2. The second-order valence-corrected chi connectivity index (χ2v) is 4.22. The molecule has 1 heterocycles. The highest BCUT2D eigenvalue weighted by atomic mass is 79.9. The van der Waals surface area contributed by atoms with Crippen LogP contribution in [-0.4, -0.2) is 5.16 Å². The van der Waals surface area contributed by atoms with Gasteiger partial charge in [0.05, 0.1) is 11.8 Å². The molecule has 4 heteroatoms. The smallest absolute Gasteiger partial charge is 0.229 e. The molecule has 0 spiro atoms. The molecular formula is C11H11BrN2O. The van der Waals surface area contributed by atoms with E-state index in [4.69, 9.17) is 10.3 Å². The van der Waals surface area contributed by atoms with E-state index in [1.807, 2.05) is 6.07 Å². The minimum atomic E-state index is 0.357. The van der Waals surface area contributed by atoms with Gasteiger partial charge in [-0.05, 0) is 29.7 Å². The predicted molar refractivity (Wildman–Crippen MR) is 63.4 cm³/mol. The lowest BCUT2D eigenvalue weighted by molar-refractivity contribution is 0.436. The van der Waals surface area contributed by atoms with E-state index in [1.165, 1.54) is 5.56 Å². The van der Waals surface area contributed by atoms with Crippen molar-refractivity contribution in [3.8, 4) is 11.1 Å². The average Bonchev–Trinajstić information content (AvgIpc) is 2.63. The third kappa shape index (κ3) is 2.04. The molecule has 0 radical (unpaired) electrons. The summed E-state index contributed by atoms with van der Waals surface area (Å²) in [6, 6.07) is 6.18. The topological polar surface area (TPSA) is 52.0 Å². The molecule has 0 bridgehead atoms. The molecule has 2 aromatic rings. The van der Waals surface area contributed by atoms with E-state index in [-0.39, 0.29) is 0 Å². The van der Waals surface area contributed by atoms with Crippen LogP contribution in [0, 0.1) is 0 Å². The van der Waals surface area contributed by atoms with Crippen molar-refractivity contribution in [3.05, 3.63) is 34.4 Å². The second-order valence-electron chi connectivity index (χ2n) is 3.31. The Bertz CT molecular complexity index is 479. The van der Waals surface area contributed by atoms with Crippen LogP contribution in [0.4, 0.5) is 5.88 Å². The van der Waals surface area contributed by atoms with Crippen LogP contribution in [-0.2, 0) is 6.42 Å². The summed E-state index contributed by atoms with van der Waals surface area (Å²) in [5.74, 6) is 0.357. The van der Waals surface area contributed by atoms with Gasteiger partial charge in [0.25, 0.3) is 0 Å². The molecule has 15 heavy (non-hydrogen) atoms. The van der Waals surface area contributed by atoms with Gasteiger partial charge in [-0.1, -0.05) is 34.1 Å². The summed E-state index contributed by atoms with van der Waals surface area (Å²) in [5, 5.41) is 3.67. The molecule has 0 amide bonds. The van der Waals surface area contributed by atoms with Crippen LogP contribution in [0.5, 0.6) is 0 Å². The van der Waals surface area contributed by atoms with E-state index in [2.05, 4.69) is 40.1 Å². The molecular weight excluding hydrogens is 256 g/mol. The monoisotopic (exact) mass is 266 g/mol. The van der Waals surface area contributed by atoms with Crippen LogP contribution < -0.4 is 5.73 Å². The normalized spacial score (nSPS) is 10.5. The summed E-state index contributed by atoms with van der Waals surface area (Å²) in [7, 11) is 0. The molecule has 0 aliphatic carbocycles. The van der Waals surface area contributed by atoms with Crippen molar-refractivity contribution in [1.29, 1.82) is 0 Å². The largest absolute Gasteiger partial charge is 0.367 e. The molecule has 1 aromatic carbocycles. The predicted octanol–water partition coefficient (Wildman–Crippen LogP) is 3.25. The Morgan fingerprint density at radius 3 is 2.80 bits per heavy atom. The fraction of sp³-hybridized carbons (Fsp3) is 0.182. The van der Waals surface area contributed by atoms with Gasteiger partial charge in [0.15, 0.2) is 0 Å². The molecule has 0 aliphatic rings. The van der Waals surface area contributed by atoms with E-state index in [9.17, 15) is 0 Å². The van der Waals surface area contributed by atoms with Gasteiger partial charge in [0, 0.05) is 4.47 Å². The number of nitrogen functional groups attached to an aromatic ring is 1. The van der Waals surface area contributed by atoms with Crippen LogP contribution in [0.1, 0.15) is 12.5 Å². The van der Waals surface area contributed by atoms with E-state index in [0.717, 1.165) is 22.0 Å². The summed E-state index contributed by atoms with van der Waals surface area (Å²) in [6.45, 7) is 2.11. The first-order valence-corrected chi connectivity index (χ1v) is 5.50. The van der Waals surface area contributed by atoms with Crippen LogP contribution in [0.2, 0.25) is 0 Å². The number of benzene rings is 1. The summed E-state index contributed by atoms with van der Waals surface area (Å²) < 4.78 is 5.88. The van der Waals surface area contributed by atoms with Crippen molar-refractivity contribution in [2.75, 3.05) is 5.73 Å². The number of aryl methyl sites for hydroxylation is 1. The molecule has 0 saturated carbocycles. The highest BCUT2D eigenvalue weighted by molar-refractivity contribution is 9.10. The SMILES string of the molecule is CCc1cc(Br)cc(-c2cnoc2N)c1. The molecule has 0 aliphatic heterocycles. The number of aromatic nitrogens is 1. The first-order valence-electron chi connectivity index (χ1n) is 4.70. The molecule has 1 aromatic heterocycles. The maximum Gasteiger partial charge on any atom is 0.229 e. The zero-order chi connectivity index (χ0) is 10.8. The van der Waals surface area contributed by atoms with E-state index >= 15 is 0 Å². The van der Waals surface area contributed by atoms with E-state index in [1.54, 1.807) is 6.20 Å². The zero-order valence-electron chi connectivity index (χ0n) is 8.33. The molecule has 0 saturated heterocycles. The number of hydrogen-bond donors (Lipinski definition) is 1. The van der Waals surface area contributed by atoms with Gasteiger partial charge < -0.3 is 10.3 Å². The van der Waals surface area contributed by atoms with Gasteiger partial charge in [-0.2, -0.15) is 0 Å². The number of nitrogens with two attached hydrogens (primary N) is 1. The van der Waals surface area contributed by atoms with Crippen LogP contribution >= 0.6 is 15.9 Å². The van der Waals surface area contributed by atoms with Crippen LogP contribution in [0.3, 0.4) is 0 Å². The summed E-state index contributed by atoms with van der Waals surface area (Å²) >= 11 is 3.47. The fourth-order valence-corrected chi connectivity index (χ4v) is 2.02. The Morgan fingerprint density at radius 1 is 1.40 bits per heavy atom. The van der Waals surface area contributed by atoms with Crippen LogP contribution in [0.25, 0.3) is 11.1 Å². The Hall–Kier alpha value is -1.29. The number of nitrogens with zero attached hydrogens (tertiary/aromatic N) is 1. The van der Waals surface area contributed by atoms with Crippen molar-refractivity contribution < 1.29 is 4.52 Å². The van der Waals surface area contributed by atoms with Gasteiger partial charge in [-0.3, -0.25) is 0 Å². The highest BCUT2D eigenvalue weighted by Crippen LogP contribution is 2.29. The summed E-state index contributed by atoms with van der Waals surface area (Å²) in [6.07, 6.45) is 2.62. The molecule has 3 nitrogen and oxygen atoms in total. The summed E-state index contributed by atoms with van der Waals surface area (Å²) in [5.41, 5.74) is 8.79. The van der Waals surface area contributed by atoms with Gasteiger partial charge in [-0.15, -0.1) is 0 Å². The maximum absolute atomic E-state index is 5.67.